The second-order valence-electron chi connectivity index (χ2n) is 3.85. The number of benzene rings is 1. The van der Waals surface area contributed by atoms with Crippen molar-refractivity contribution < 1.29 is 14.1 Å². The molecule has 1 heterocycles. The Labute approximate surface area is 111 Å². The van der Waals surface area contributed by atoms with Crippen molar-refractivity contribution in [2.45, 2.75) is 0 Å². The molecule has 2 aromatic rings. The van der Waals surface area contributed by atoms with E-state index in [4.69, 9.17) is 0 Å². The summed E-state index contributed by atoms with van der Waals surface area (Å²) in [5.74, 6) is -1.52. The number of carbonyl (C=O) groups is 1. The van der Waals surface area contributed by atoms with Crippen molar-refractivity contribution in [3.05, 3.63) is 68.4 Å². The minimum absolute atomic E-state index is 0.0562. The number of amides is 1. The predicted molar refractivity (Wildman–Crippen MR) is 68.1 cm³/mol. The zero-order valence-electron chi connectivity index (χ0n) is 9.92. The Balaban J connectivity index is 2.28. The number of halogens is 1. The van der Waals surface area contributed by atoms with Gasteiger partial charge in [0.05, 0.1) is 16.7 Å². The van der Waals surface area contributed by atoms with Crippen LogP contribution in [0.5, 0.6) is 0 Å². The third-order valence-corrected chi connectivity index (χ3v) is 2.39. The van der Waals surface area contributed by atoms with E-state index >= 15 is 0 Å². The first-order valence-electron chi connectivity index (χ1n) is 5.41. The largest absolute Gasteiger partial charge is 0.329 e. The van der Waals surface area contributed by atoms with E-state index in [1.807, 2.05) is 0 Å². The molecule has 102 valence electrons. The number of hydrogen-bond donors (Lipinski definition) is 2. The Hall–Kier alpha value is -3.03. The van der Waals surface area contributed by atoms with Crippen molar-refractivity contribution in [3.63, 3.8) is 0 Å². The predicted octanol–water partition coefficient (Wildman–Crippen LogP) is 1.67. The lowest BCUT2D eigenvalue weighted by Gasteiger charge is -2.05. The number of nitrogens with one attached hydrogen (secondary N) is 2. The molecule has 7 nitrogen and oxygen atoms in total. The van der Waals surface area contributed by atoms with Crippen LogP contribution in [0.2, 0.25) is 0 Å². The highest BCUT2D eigenvalue weighted by Crippen LogP contribution is 2.20. The van der Waals surface area contributed by atoms with Crippen LogP contribution in [0.3, 0.4) is 0 Å². The maximum absolute atomic E-state index is 13.2. The molecule has 0 unspecified atom stereocenters. The highest BCUT2D eigenvalue weighted by Gasteiger charge is 2.12. The van der Waals surface area contributed by atoms with E-state index in [0.717, 1.165) is 24.3 Å². The van der Waals surface area contributed by atoms with Gasteiger partial charge in [-0.25, -0.2) is 4.39 Å². The molecule has 1 aromatic carbocycles. The molecular formula is C12H8FN3O4. The third kappa shape index (κ3) is 3.05. The highest BCUT2D eigenvalue weighted by atomic mass is 19.1. The van der Waals surface area contributed by atoms with Gasteiger partial charge in [-0.2, -0.15) is 0 Å². The normalized spacial score (nSPS) is 10.1. The standard InChI is InChI=1S/C12H8FN3O4/c13-8-4-9(6-10(5-8)16(19)20)15-12(18)7-1-2-14-11(17)3-7/h1-6H,(H,14,17)(H,15,18). The number of aromatic nitrogens is 1. The fraction of sp³-hybridized carbons (Fsp3) is 0. The Kier molecular flexibility index (Phi) is 3.56. The molecule has 0 atom stereocenters. The number of carbonyl (C=O) groups excluding carboxylic acids is 1. The third-order valence-electron chi connectivity index (χ3n) is 2.39. The molecule has 20 heavy (non-hydrogen) atoms. The Morgan fingerprint density at radius 1 is 1.30 bits per heavy atom. The Morgan fingerprint density at radius 3 is 2.70 bits per heavy atom. The highest BCUT2D eigenvalue weighted by molar-refractivity contribution is 6.04. The van der Waals surface area contributed by atoms with Gasteiger partial charge in [-0.05, 0) is 12.1 Å². The quantitative estimate of drug-likeness (QED) is 0.657. The first-order valence-corrected chi connectivity index (χ1v) is 5.41. The van der Waals surface area contributed by atoms with Crippen LogP contribution in [0, 0.1) is 15.9 Å². The molecule has 0 bridgehead atoms. The molecule has 0 spiro atoms. The van der Waals surface area contributed by atoms with E-state index in [9.17, 15) is 24.1 Å². The summed E-state index contributed by atoms with van der Waals surface area (Å²) in [6.07, 6.45) is 1.28. The Bertz CT molecular complexity index is 741. The first kappa shape index (κ1) is 13.4. The lowest BCUT2D eigenvalue weighted by atomic mass is 10.2. The van der Waals surface area contributed by atoms with Gasteiger partial charge in [0.2, 0.25) is 5.56 Å². The molecule has 1 aromatic heterocycles. The van der Waals surface area contributed by atoms with E-state index in [0.29, 0.717) is 0 Å². The average molecular weight is 277 g/mol. The van der Waals surface area contributed by atoms with E-state index in [1.54, 1.807) is 0 Å². The van der Waals surface area contributed by atoms with Crippen LogP contribution in [0.1, 0.15) is 10.4 Å². The van der Waals surface area contributed by atoms with E-state index in [-0.39, 0.29) is 11.3 Å². The molecule has 0 aliphatic heterocycles. The average Bonchev–Trinajstić information content (AvgIpc) is 2.37. The summed E-state index contributed by atoms with van der Waals surface area (Å²) in [7, 11) is 0. The summed E-state index contributed by atoms with van der Waals surface area (Å²) in [6, 6.07) is 5.11. The molecule has 8 heteroatoms. The van der Waals surface area contributed by atoms with E-state index < -0.39 is 27.9 Å². The van der Waals surface area contributed by atoms with Crippen molar-refractivity contribution in [1.29, 1.82) is 0 Å². The van der Waals surface area contributed by atoms with E-state index in [1.165, 1.54) is 12.3 Å². The molecule has 0 saturated heterocycles. The monoisotopic (exact) mass is 277 g/mol. The summed E-state index contributed by atoms with van der Waals surface area (Å²) < 4.78 is 13.2. The van der Waals surface area contributed by atoms with Gasteiger partial charge in [-0.3, -0.25) is 19.7 Å². The van der Waals surface area contributed by atoms with Gasteiger partial charge in [0, 0.05) is 23.9 Å². The number of H-pyrrole nitrogens is 1. The van der Waals surface area contributed by atoms with Crippen LogP contribution in [0.4, 0.5) is 15.8 Å². The SMILES string of the molecule is O=C(Nc1cc(F)cc([N+](=O)[O-])c1)c1cc[nH]c(=O)c1. The summed E-state index contributed by atoms with van der Waals surface area (Å²) in [5, 5.41) is 12.9. The molecule has 0 aliphatic rings. The number of aromatic amines is 1. The summed E-state index contributed by atoms with van der Waals surface area (Å²) in [5.41, 5.74) is -0.961. The summed E-state index contributed by atoms with van der Waals surface area (Å²) in [6.45, 7) is 0. The number of nitro benzene ring substituents is 1. The molecule has 0 radical (unpaired) electrons. The van der Waals surface area contributed by atoms with Crippen LogP contribution >= 0.6 is 0 Å². The molecule has 2 N–H and O–H groups in total. The van der Waals surface area contributed by atoms with Gasteiger partial charge >= 0.3 is 0 Å². The maximum Gasteiger partial charge on any atom is 0.274 e. The fourth-order valence-electron chi connectivity index (χ4n) is 1.54. The lowest BCUT2D eigenvalue weighted by molar-refractivity contribution is -0.385. The van der Waals surface area contributed by atoms with Crippen molar-refractivity contribution in [2.24, 2.45) is 0 Å². The Morgan fingerprint density at radius 2 is 2.05 bits per heavy atom. The molecule has 0 saturated carbocycles. The smallest absolute Gasteiger partial charge is 0.274 e. The summed E-state index contributed by atoms with van der Waals surface area (Å²) in [4.78, 5) is 35.0. The second kappa shape index (κ2) is 5.31. The molecule has 0 aliphatic carbocycles. The second-order valence-corrected chi connectivity index (χ2v) is 3.85. The molecular weight excluding hydrogens is 269 g/mol. The number of non-ortho nitro benzene ring substituents is 1. The molecule has 2 rings (SSSR count). The van der Waals surface area contributed by atoms with Crippen molar-refractivity contribution in [3.8, 4) is 0 Å². The minimum Gasteiger partial charge on any atom is -0.329 e. The number of nitrogens with zero attached hydrogens (tertiary/aromatic N) is 1. The minimum atomic E-state index is -0.847. The van der Waals surface area contributed by atoms with Crippen LogP contribution in [0.15, 0.2) is 41.3 Å². The zero-order chi connectivity index (χ0) is 14.7. The van der Waals surface area contributed by atoms with Crippen LogP contribution in [-0.2, 0) is 0 Å². The number of nitro groups is 1. The van der Waals surface area contributed by atoms with Crippen molar-refractivity contribution in [2.75, 3.05) is 5.32 Å². The van der Waals surface area contributed by atoms with Gasteiger partial charge in [0.25, 0.3) is 11.6 Å². The number of hydrogen-bond acceptors (Lipinski definition) is 4. The molecule has 1 amide bonds. The topological polar surface area (TPSA) is 105 Å². The van der Waals surface area contributed by atoms with Gasteiger partial charge < -0.3 is 10.3 Å². The fourth-order valence-corrected chi connectivity index (χ4v) is 1.54. The van der Waals surface area contributed by atoms with Crippen molar-refractivity contribution >= 4 is 17.3 Å². The van der Waals surface area contributed by atoms with Crippen LogP contribution < -0.4 is 10.9 Å². The first-order chi connectivity index (χ1) is 9.45. The maximum atomic E-state index is 13.2. The number of anilines is 1. The summed E-state index contributed by atoms with van der Waals surface area (Å²) >= 11 is 0. The lowest BCUT2D eigenvalue weighted by Crippen LogP contribution is -2.15. The number of pyridine rings is 1. The number of rotatable bonds is 3. The van der Waals surface area contributed by atoms with Crippen LogP contribution in [0.25, 0.3) is 0 Å². The van der Waals surface area contributed by atoms with Crippen molar-refractivity contribution in [1.82, 2.24) is 4.98 Å². The van der Waals surface area contributed by atoms with Crippen LogP contribution in [-0.4, -0.2) is 15.8 Å². The van der Waals surface area contributed by atoms with Gasteiger partial charge in [0.15, 0.2) is 0 Å². The van der Waals surface area contributed by atoms with Gasteiger partial charge in [-0.1, -0.05) is 0 Å². The molecule has 0 fully saturated rings. The van der Waals surface area contributed by atoms with E-state index in [2.05, 4.69) is 10.3 Å². The zero-order valence-corrected chi connectivity index (χ0v) is 9.92. The van der Waals surface area contributed by atoms with Gasteiger partial charge in [0.1, 0.15) is 5.82 Å². The van der Waals surface area contributed by atoms with Gasteiger partial charge in [-0.15, -0.1) is 0 Å².